The van der Waals surface area contributed by atoms with Gasteiger partial charge in [-0.2, -0.15) is 0 Å². The molecule has 18 heavy (non-hydrogen) atoms. The molecule has 0 spiro atoms. The summed E-state index contributed by atoms with van der Waals surface area (Å²) >= 11 is 1.34. The maximum absolute atomic E-state index is 12.7. The maximum atomic E-state index is 12.7. The monoisotopic (exact) mass is 268 g/mol. The molecule has 96 valence electrons. The van der Waals surface area contributed by atoms with Crippen molar-refractivity contribution in [3.8, 4) is 0 Å². The Morgan fingerprint density at radius 1 is 1.39 bits per heavy atom. The fraction of sp³-hybridized carbons (Fsp3) is 0.333. The molecule has 0 saturated carbocycles. The second-order valence-electron chi connectivity index (χ2n) is 3.91. The van der Waals surface area contributed by atoms with Crippen LogP contribution in [0.1, 0.15) is 0 Å². The van der Waals surface area contributed by atoms with Gasteiger partial charge in [-0.25, -0.2) is 4.39 Å². The minimum absolute atomic E-state index is 0.0702. The van der Waals surface area contributed by atoms with E-state index in [2.05, 4.69) is 5.32 Å². The van der Waals surface area contributed by atoms with Gasteiger partial charge in [0, 0.05) is 18.0 Å². The topological polar surface area (TPSA) is 49.4 Å². The highest BCUT2D eigenvalue weighted by atomic mass is 32.2. The molecule has 2 rings (SSSR count). The second-order valence-corrected chi connectivity index (χ2v) is 4.96. The lowest BCUT2D eigenvalue weighted by Crippen LogP contribution is -2.50. The Kier molecular flexibility index (Phi) is 4.19. The first-order chi connectivity index (χ1) is 8.65. The Bertz CT molecular complexity index is 450. The van der Waals surface area contributed by atoms with E-state index in [9.17, 15) is 14.0 Å². The molecule has 2 amide bonds. The Hall–Kier alpha value is -1.56. The van der Waals surface area contributed by atoms with E-state index in [0.29, 0.717) is 13.1 Å². The molecule has 0 aromatic heterocycles. The number of nitrogens with one attached hydrogen (secondary N) is 1. The first-order valence-corrected chi connectivity index (χ1v) is 6.56. The third-order valence-electron chi connectivity index (χ3n) is 2.57. The third kappa shape index (κ3) is 3.46. The van der Waals surface area contributed by atoms with Crippen LogP contribution in [0.15, 0.2) is 29.2 Å². The van der Waals surface area contributed by atoms with Gasteiger partial charge in [-0.05, 0) is 24.3 Å². The molecule has 0 atom stereocenters. The van der Waals surface area contributed by atoms with Crippen LogP contribution in [0.4, 0.5) is 4.39 Å². The molecule has 1 aliphatic heterocycles. The second kappa shape index (κ2) is 5.86. The number of halogens is 1. The standard InChI is InChI=1S/C12H13FN2O2S/c13-9-1-3-10(4-2-9)18-8-12(17)15-6-5-14-11(16)7-15/h1-4H,5-8H2,(H,14,16). The summed E-state index contributed by atoms with van der Waals surface area (Å²) in [4.78, 5) is 25.3. The third-order valence-corrected chi connectivity index (χ3v) is 3.56. The van der Waals surface area contributed by atoms with Crippen molar-refractivity contribution in [2.45, 2.75) is 4.90 Å². The van der Waals surface area contributed by atoms with Crippen LogP contribution in [0.2, 0.25) is 0 Å². The van der Waals surface area contributed by atoms with Crippen molar-refractivity contribution in [1.82, 2.24) is 10.2 Å². The number of nitrogens with zero attached hydrogens (tertiary/aromatic N) is 1. The molecule has 1 aromatic carbocycles. The van der Waals surface area contributed by atoms with E-state index < -0.39 is 0 Å². The van der Waals surface area contributed by atoms with Crippen LogP contribution < -0.4 is 5.32 Å². The van der Waals surface area contributed by atoms with E-state index in [-0.39, 0.29) is 29.9 Å². The quantitative estimate of drug-likeness (QED) is 0.828. The summed E-state index contributed by atoms with van der Waals surface area (Å²) in [6.07, 6.45) is 0. The van der Waals surface area contributed by atoms with E-state index >= 15 is 0 Å². The SMILES string of the molecule is O=C1CN(C(=O)CSc2ccc(F)cc2)CCN1. The van der Waals surface area contributed by atoms with Gasteiger partial charge in [-0.3, -0.25) is 9.59 Å². The van der Waals surface area contributed by atoms with Crippen LogP contribution in [-0.4, -0.2) is 42.1 Å². The normalized spacial score (nSPS) is 15.4. The molecule has 0 unspecified atom stereocenters. The molecular weight excluding hydrogens is 255 g/mol. The summed E-state index contributed by atoms with van der Waals surface area (Å²) in [6, 6.07) is 5.99. The fourth-order valence-corrected chi connectivity index (χ4v) is 2.42. The zero-order valence-corrected chi connectivity index (χ0v) is 10.5. The van der Waals surface area contributed by atoms with Gasteiger partial charge < -0.3 is 10.2 Å². The van der Waals surface area contributed by atoms with Crippen LogP contribution in [0.3, 0.4) is 0 Å². The lowest BCUT2D eigenvalue weighted by atomic mass is 10.3. The van der Waals surface area contributed by atoms with Gasteiger partial charge in [-0.15, -0.1) is 11.8 Å². The number of hydrogen-bond donors (Lipinski definition) is 1. The van der Waals surface area contributed by atoms with Crippen LogP contribution >= 0.6 is 11.8 Å². The van der Waals surface area contributed by atoms with Crippen molar-refractivity contribution >= 4 is 23.6 Å². The highest BCUT2D eigenvalue weighted by Gasteiger charge is 2.20. The molecule has 0 radical (unpaired) electrons. The van der Waals surface area contributed by atoms with Crippen molar-refractivity contribution < 1.29 is 14.0 Å². The van der Waals surface area contributed by atoms with Crippen molar-refractivity contribution in [1.29, 1.82) is 0 Å². The van der Waals surface area contributed by atoms with Gasteiger partial charge in [0.2, 0.25) is 11.8 Å². The molecule has 1 saturated heterocycles. The number of rotatable bonds is 3. The number of thioether (sulfide) groups is 1. The van der Waals surface area contributed by atoms with Gasteiger partial charge >= 0.3 is 0 Å². The largest absolute Gasteiger partial charge is 0.353 e. The number of piperazine rings is 1. The zero-order valence-electron chi connectivity index (χ0n) is 9.69. The summed E-state index contributed by atoms with van der Waals surface area (Å²) in [5.74, 6) is -0.224. The summed E-state index contributed by atoms with van der Waals surface area (Å²) in [5.41, 5.74) is 0. The molecular formula is C12H13FN2O2S. The average Bonchev–Trinajstić information content (AvgIpc) is 2.38. The fourth-order valence-electron chi connectivity index (χ4n) is 1.62. The van der Waals surface area contributed by atoms with Crippen molar-refractivity contribution in [2.24, 2.45) is 0 Å². The first kappa shape index (κ1) is 12.9. The van der Waals surface area contributed by atoms with E-state index in [1.165, 1.54) is 28.8 Å². The smallest absolute Gasteiger partial charge is 0.239 e. The van der Waals surface area contributed by atoms with Crippen molar-refractivity contribution in [3.63, 3.8) is 0 Å². The first-order valence-electron chi connectivity index (χ1n) is 5.58. The van der Waals surface area contributed by atoms with E-state index in [1.54, 1.807) is 12.1 Å². The number of carbonyl (C=O) groups excluding carboxylic acids is 2. The van der Waals surface area contributed by atoms with E-state index in [1.807, 2.05) is 0 Å². The number of benzene rings is 1. The minimum atomic E-state index is -0.293. The summed E-state index contributed by atoms with van der Waals surface area (Å²) in [5, 5.41) is 2.67. The summed E-state index contributed by atoms with van der Waals surface area (Å²) in [7, 11) is 0. The van der Waals surface area contributed by atoms with Crippen LogP contribution in [0.5, 0.6) is 0 Å². The van der Waals surface area contributed by atoms with Crippen molar-refractivity contribution in [3.05, 3.63) is 30.1 Å². The molecule has 4 nitrogen and oxygen atoms in total. The summed E-state index contributed by atoms with van der Waals surface area (Å²) < 4.78 is 12.7. The minimum Gasteiger partial charge on any atom is -0.353 e. The van der Waals surface area contributed by atoms with E-state index in [0.717, 1.165) is 4.90 Å². The molecule has 0 bridgehead atoms. The molecule has 1 aromatic rings. The lowest BCUT2D eigenvalue weighted by molar-refractivity contribution is -0.136. The van der Waals surface area contributed by atoms with Gasteiger partial charge in [0.25, 0.3) is 0 Å². The zero-order chi connectivity index (χ0) is 13.0. The Labute approximate surface area is 109 Å². The van der Waals surface area contributed by atoms with Crippen LogP contribution in [0.25, 0.3) is 0 Å². The number of amides is 2. The average molecular weight is 268 g/mol. The highest BCUT2D eigenvalue weighted by Crippen LogP contribution is 2.18. The van der Waals surface area contributed by atoms with Gasteiger partial charge in [0.1, 0.15) is 5.82 Å². The molecule has 1 N–H and O–H groups in total. The molecule has 1 aliphatic rings. The van der Waals surface area contributed by atoms with Gasteiger partial charge in [0.05, 0.1) is 12.3 Å². The molecule has 0 aliphatic carbocycles. The number of carbonyl (C=O) groups is 2. The summed E-state index contributed by atoms with van der Waals surface area (Å²) in [6.45, 7) is 1.18. The van der Waals surface area contributed by atoms with Gasteiger partial charge in [0.15, 0.2) is 0 Å². The van der Waals surface area contributed by atoms with Gasteiger partial charge in [-0.1, -0.05) is 0 Å². The van der Waals surface area contributed by atoms with Crippen LogP contribution in [0, 0.1) is 5.82 Å². The maximum Gasteiger partial charge on any atom is 0.239 e. The van der Waals surface area contributed by atoms with Crippen LogP contribution in [-0.2, 0) is 9.59 Å². The lowest BCUT2D eigenvalue weighted by Gasteiger charge is -2.26. The predicted octanol–water partition coefficient (Wildman–Crippen LogP) is 0.876. The van der Waals surface area contributed by atoms with Crippen molar-refractivity contribution in [2.75, 3.05) is 25.4 Å². The molecule has 1 heterocycles. The Morgan fingerprint density at radius 3 is 2.78 bits per heavy atom. The molecule has 1 fully saturated rings. The number of hydrogen-bond acceptors (Lipinski definition) is 3. The highest BCUT2D eigenvalue weighted by molar-refractivity contribution is 8.00. The predicted molar refractivity (Wildman–Crippen MR) is 66.7 cm³/mol. The van der Waals surface area contributed by atoms with E-state index in [4.69, 9.17) is 0 Å². The Morgan fingerprint density at radius 2 is 2.11 bits per heavy atom. The molecule has 6 heteroatoms. The Balaban J connectivity index is 1.84.